The summed E-state index contributed by atoms with van der Waals surface area (Å²) in [4.78, 5) is 6.61. The van der Waals surface area contributed by atoms with Crippen LogP contribution in [0.25, 0.3) is 0 Å². The number of nitrogens with one attached hydrogen (secondary N) is 1. The SMILES string of the molecule is CCC(C)N(C)CCN=C(N)Nc1ccc(OC)c(OC)c1.I. The van der Waals surface area contributed by atoms with Crippen molar-refractivity contribution in [2.45, 2.75) is 26.3 Å². The number of hydrogen-bond acceptors (Lipinski definition) is 4. The summed E-state index contributed by atoms with van der Waals surface area (Å²) in [7, 11) is 5.31. The fourth-order valence-corrected chi connectivity index (χ4v) is 1.96. The van der Waals surface area contributed by atoms with E-state index >= 15 is 0 Å². The first-order valence-electron chi connectivity index (χ1n) is 7.51. The number of nitrogens with two attached hydrogens (primary N) is 1. The van der Waals surface area contributed by atoms with Crippen molar-refractivity contribution in [3.05, 3.63) is 18.2 Å². The molecule has 3 N–H and O–H groups in total. The molecule has 0 aromatic heterocycles. The molecule has 0 aliphatic rings. The maximum absolute atomic E-state index is 5.91. The minimum atomic E-state index is 0. The molecule has 1 aromatic rings. The lowest BCUT2D eigenvalue weighted by Gasteiger charge is -2.22. The molecular weight excluding hydrogens is 407 g/mol. The average Bonchev–Trinajstić information content (AvgIpc) is 2.53. The van der Waals surface area contributed by atoms with Crippen molar-refractivity contribution < 1.29 is 9.47 Å². The number of likely N-dealkylation sites (N-methyl/N-ethyl adjacent to an activating group) is 1. The second-order valence-electron chi connectivity index (χ2n) is 5.20. The predicted octanol–water partition coefficient (Wildman–Crippen LogP) is 2.78. The Labute approximate surface area is 156 Å². The van der Waals surface area contributed by atoms with Crippen molar-refractivity contribution in [1.29, 1.82) is 0 Å². The Morgan fingerprint density at radius 2 is 1.96 bits per heavy atom. The Morgan fingerprint density at radius 3 is 2.52 bits per heavy atom. The number of nitrogens with zero attached hydrogens (tertiary/aromatic N) is 2. The quantitative estimate of drug-likeness (QED) is 0.373. The van der Waals surface area contributed by atoms with E-state index in [4.69, 9.17) is 15.2 Å². The zero-order valence-electron chi connectivity index (χ0n) is 14.6. The van der Waals surface area contributed by atoms with Gasteiger partial charge in [0.25, 0.3) is 0 Å². The lowest BCUT2D eigenvalue weighted by atomic mass is 10.2. The fraction of sp³-hybridized carbons (Fsp3) is 0.562. The highest BCUT2D eigenvalue weighted by molar-refractivity contribution is 14.0. The van der Waals surface area contributed by atoms with Gasteiger partial charge in [0, 0.05) is 24.3 Å². The number of aliphatic imine (C=N–C) groups is 1. The Kier molecular flexibility index (Phi) is 10.7. The maximum Gasteiger partial charge on any atom is 0.193 e. The van der Waals surface area contributed by atoms with E-state index in [2.05, 4.69) is 36.1 Å². The first-order valence-corrected chi connectivity index (χ1v) is 7.51. The highest BCUT2D eigenvalue weighted by Gasteiger charge is 2.06. The summed E-state index contributed by atoms with van der Waals surface area (Å²) < 4.78 is 10.5. The highest BCUT2D eigenvalue weighted by Crippen LogP contribution is 2.29. The van der Waals surface area contributed by atoms with Gasteiger partial charge >= 0.3 is 0 Å². The molecule has 1 rings (SSSR count). The average molecular weight is 436 g/mol. The van der Waals surface area contributed by atoms with Crippen LogP contribution in [-0.4, -0.2) is 51.3 Å². The van der Waals surface area contributed by atoms with Gasteiger partial charge in [-0.2, -0.15) is 0 Å². The number of ether oxygens (including phenoxy) is 2. The number of methoxy groups -OCH3 is 2. The van der Waals surface area contributed by atoms with Crippen molar-refractivity contribution in [2.24, 2.45) is 10.7 Å². The number of rotatable bonds is 8. The van der Waals surface area contributed by atoms with Crippen LogP contribution in [0.2, 0.25) is 0 Å². The third-order valence-corrected chi connectivity index (χ3v) is 3.73. The van der Waals surface area contributed by atoms with Crippen LogP contribution < -0.4 is 20.5 Å². The summed E-state index contributed by atoms with van der Waals surface area (Å²) in [6, 6.07) is 6.07. The van der Waals surface area contributed by atoms with Gasteiger partial charge < -0.3 is 25.4 Å². The van der Waals surface area contributed by atoms with Gasteiger partial charge in [-0.1, -0.05) is 6.92 Å². The van der Waals surface area contributed by atoms with Gasteiger partial charge in [0.15, 0.2) is 17.5 Å². The summed E-state index contributed by atoms with van der Waals surface area (Å²) in [5.41, 5.74) is 6.72. The molecular formula is C16H29IN4O2. The fourth-order valence-electron chi connectivity index (χ4n) is 1.96. The van der Waals surface area contributed by atoms with E-state index in [0.717, 1.165) is 18.7 Å². The summed E-state index contributed by atoms with van der Waals surface area (Å²) in [6.07, 6.45) is 1.12. The molecule has 132 valence electrons. The zero-order chi connectivity index (χ0) is 16.5. The summed E-state index contributed by atoms with van der Waals surface area (Å²) in [5, 5.41) is 3.06. The standard InChI is InChI=1S/C16H28N4O2.HI/c1-6-12(2)20(3)10-9-18-16(17)19-13-7-8-14(21-4)15(11-13)22-5;/h7-8,11-12H,6,9-10H2,1-5H3,(H3,17,18,19);1H. The molecule has 1 aromatic carbocycles. The van der Waals surface area contributed by atoms with Crippen LogP contribution in [0.1, 0.15) is 20.3 Å². The van der Waals surface area contributed by atoms with Crippen molar-refractivity contribution in [2.75, 3.05) is 39.7 Å². The molecule has 1 unspecified atom stereocenters. The van der Waals surface area contributed by atoms with Crippen molar-refractivity contribution >= 4 is 35.6 Å². The first kappa shape index (κ1) is 21.8. The summed E-state index contributed by atoms with van der Waals surface area (Å²) in [5.74, 6) is 1.72. The number of benzene rings is 1. The number of hydrogen-bond donors (Lipinski definition) is 2. The third kappa shape index (κ3) is 7.26. The molecule has 0 saturated heterocycles. The maximum atomic E-state index is 5.91. The van der Waals surface area contributed by atoms with Crippen LogP contribution in [0, 0.1) is 0 Å². The lowest BCUT2D eigenvalue weighted by molar-refractivity contribution is 0.259. The van der Waals surface area contributed by atoms with Crippen LogP contribution in [0.3, 0.4) is 0 Å². The van der Waals surface area contributed by atoms with Crippen LogP contribution >= 0.6 is 24.0 Å². The smallest absolute Gasteiger partial charge is 0.193 e. The van der Waals surface area contributed by atoms with E-state index in [1.54, 1.807) is 14.2 Å². The second kappa shape index (κ2) is 11.3. The molecule has 0 heterocycles. The second-order valence-corrected chi connectivity index (χ2v) is 5.20. The van der Waals surface area contributed by atoms with Crippen LogP contribution in [0.5, 0.6) is 11.5 Å². The van der Waals surface area contributed by atoms with E-state index in [0.29, 0.717) is 30.0 Å². The van der Waals surface area contributed by atoms with E-state index in [-0.39, 0.29) is 24.0 Å². The Bertz CT molecular complexity index is 497. The van der Waals surface area contributed by atoms with Gasteiger partial charge in [-0.3, -0.25) is 4.99 Å². The largest absolute Gasteiger partial charge is 0.493 e. The summed E-state index contributed by atoms with van der Waals surface area (Å²) >= 11 is 0. The lowest BCUT2D eigenvalue weighted by Crippen LogP contribution is -2.31. The monoisotopic (exact) mass is 436 g/mol. The van der Waals surface area contributed by atoms with Crippen LogP contribution in [0.4, 0.5) is 5.69 Å². The number of anilines is 1. The van der Waals surface area contributed by atoms with Gasteiger partial charge in [-0.15, -0.1) is 24.0 Å². The molecule has 0 radical (unpaired) electrons. The van der Waals surface area contributed by atoms with Crippen molar-refractivity contribution in [3.63, 3.8) is 0 Å². The topological polar surface area (TPSA) is 72.1 Å². The van der Waals surface area contributed by atoms with Gasteiger partial charge in [-0.25, -0.2) is 0 Å². The molecule has 7 heteroatoms. The molecule has 1 atom stereocenters. The normalized spacial score (nSPS) is 12.5. The number of halogens is 1. The van der Waals surface area contributed by atoms with E-state index in [9.17, 15) is 0 Å². The van der Waals surface area contributed by atoms with Gasteiger partial charge in [0.05, 0.1) is 20.8 Å². The molecule has 6 nitrogen and oxygen atoms in total. The first-order chi connectivity index (χ1) is 10.5. The van der Waals surface area contributed by atoms with Crippen LogP contribution in [0.15, 0.2) is 23.2 Å². The molecule has 0 aliphatic heterocycles. The van der Waals surface area contributed by atoms with Gasteiger partial charge in [0.1, 0.15) is 0 Å². The molecule has 0 amide bonds. The van der Waals surface area contributed by atoms with Crippen molar-refractivity contribution in [3.8, 4) is 11.5 Å². The van der Waals surface area contributed by atoms with Crippen molar-refractivity contribution in [1.82, 2.24) is 4.90 Å². The predicted molar refractivity (Wildman–Crippen MR) is 107 cm³/mol. The van der Waals surface area contributed by atoms with E-state index < -0.39 is 0 Å². The molecule has 0 aliphatic carbocycles. The molecule has 0 spiro atoms. The zero-order valence-corrected chi connectivity index (χ0v) is 17.0. The molecule has 23 heavy (non-hydrogen) atoms. The van der Waals surface area contributed by atoms with Crippen LogP contribution in [-0.2, 0) is 0 Å². The highest BCUT2D eigenvalue weighted by atomic mass is 127. The Hall–Kier alpha value is -1.22. The van der Waals surface area contributed by atoms with E-state index in [1.165, 1.54) is 0 Å². The van der Waals surface area contributed by atoms with Gasteiger partial charge in [-0.05, 0) is 32.5 Å². The molecule has 0 fully saturated rings. The van der Waals surface area contributed by atoms with Gasteiger partial charge in [0.2, 0.25) is 0 Å². The third-order valence-electron chi connectivity index (χ3n) is 3.73. The number of guanidine groups is 1. The molecule has 0 bridgehead atoms. The minimum absolute atomic E-state index is 0. The Morgan fingerprint density at radius 1 is 1.30 bits per heavy atom. The Balaban J connectivity index is 0.00000484. The summed E-state index contributed by atoms with van der Waals surface area (Å²) in [6.45, 7) is 5.92. The molecule has 0 saturated carbocycles. The minimum Gasteiger partial charge on any atom is -0.493 e. The van der Waals surface area contributed by atoms with E-state index in [1.807, 2.05) is 18.2 Å².